The molecule has 0 radical (unpaired) electrons. The molecule has 7 nitrogen and oxygen atoms in total. The first-order valence-electron chi connectivity index (χ1n) is 14.0. The van der Waals surface area contributed by atoms with Gasteiger partial charge in [-0.2, -0.15) is 0 Å². The number of hydrogen-bond donors (Lipinski definition) is 1. The van der Waals surface area contributed by atoms with E-state index in [1.54, 1.807) is 49.4 Å². The number of imide groups is 2. The number of aromatic hydroxyl groups is 1. The molecular weight excluding hydrogens is 594 g/mol. The summed E-state index contributed by atoms with van der Waals surface area (Å²) in [6.45, 7) is 1.74. The van der Waals surface area contributed by atoms with Gasteiger partial charge in [0, 0.05) is 10.9 Å². The fraction of sp³-hybridized carbons (Fsp3) is 0.273. The number of anilines is 2. The summed E-state index contributed by atoms with van der Waals surface area (Å²) in [5.74, 6) is -5.70. The molecule has 1 N–H and O–H groups in total. The highest BCUT2D eigenvalue weighted by Crippen LogP contribution is 2.63. The van der Waals surface area contributed by atoms with Crippen molar-refractivity contribution >= 4 is 58.2 Å². The van der Waals surface area contributed by atoms with E-state index in [0.717, 1.165) is 16.5 Å². The fourth-order valence-electron chi connectivity index (χ4n) is 7.81. The molecule has 2 heterocycles. The summed E-state index contributed by atoms with van der Waals surface area (Å²) in [6, 6.07) is 16.7. The Labute approximate surface area is 256 Å². The van der Waals surface area contributed by atoms with Crippen molar-refractivity contribution in [3.8, 4) is 5.75 Å². The minimum atomic E-state index is -1.29. The molecule has 2 aliphatic carbocycles. The quantitative estimate of drug-likeness (QED) is 0.276. The van der Waals surface area contributed by atoms with Crippen LogP contribution in [0.5, 0.6) is 5.75 Å². The normalized spacial score (nSPS) is 29.9. The van der Waals surface area contributed by atoms with Crippen molar-refractivity contribution in [3.63, 3.8) is 0 Å². The second-order valence-electron chi connectivity index (χ2n) is 11.8. The lowest BCUT2D eigenvalue weighted by molar-refractivity contribution is -0.131. The Morgan fingerprint density at radius 2 is 1.58 bits per heavy atom. The van der Waals surface area contributed by atoms with Gasteiger partial charge in [0.1, 0.15) is 11.6 Å². The molecular formula is C33H25Cl2FN2O5. The second-order valence-corrected chi connectivity index (χ2v) is 12.7. The number of allylic oxidation sites excluding steroid dienone is 2. The molecule has 2 saturated heterocycles. The van der Waals surface area contributed by atoms with E-state index in [4.69, 9.17) is 23.2 Å². The van der Waals surface area contributed by atoms with Crippen LogP contribution >= 0.6 is 23.2 Å². The monoisotopic (exact) mass is 618 g/mol. The van der Waals surface area contributed by atoms with Crippen LogP contribution in [0, 0.1) is 34.9 Å². The van der Waals surface area contributed by atoms with E-state index < -0.39 is 52.6 Å². The van der Waals surface area contributed by atoms with Gasteiger partial charge in [-0.25, -0.2) is 9.29 Å². The number of carbonyl (C=O) groups excluding carboxylic acids is 4. The number of amides is 4. The average molecular weight is 619 g/mol. The predicted octanol–water partition coefficient (Wildman–Crippen LogP) is 6.27. The van der Waals surface area contributed by atoms with Crippen molar-refractivity contribution in [1.29, 1.82) is 0 Å². The third kappa shape index (κ3) is 3.92. The third-order valence-electron chi connectivity index (χ3n) is 9.72. The lowest BCUT2D eigenvalue weighted by Crippen LogP contribution is -2.48. The molecule has 3 aromatic carbocycles. The maximum atomic E-state index is 14.4. The standard InChI is InChI=1S/C33H25Cl2FN2O5/c1-33-24(30(41)38(32(33)43)19-9-12-26(36)25(35)14-19)15-23-21(28(33)16-3-2-4-20(39)13-16)10-11-22-27(23)31(42)37(29(22)40)18-7-5-17(34)6-8-18/h2-10,12-14,22-24,27-28,39H,11,15H2,1H3. The molecule has 0 bridgehead atoms. The van der Waals surface area contributed by atoms with Gasteiger partial charge in [0.05, 0.1) is 39.6 Å². The minimum Gasteiger partial charge on any atom is -0.508 e. The number of carbonyl (C=O) groups is 4. The zero-order valence-electron chi connectivity index (χ0n) is 22.8. The van der Waals surface area contributed by atoms with Gasteiger partial charge < -0.3 is 5.11 Å². The Morgan fingerprint density at radius 3 is 2.28 bits per heavy atom. The van der Waals surface area contributed by atoms with Crippen molar-refractivity contribution in [2.45, 2.75) is 25.7 Å². The van der Waals surface area contributed by atoms with Gasteiger partial charge in [-0.3, -0.25) is 24.1 Å². The van der Waals surface area contributed by atoms with Crippen molar-refractivity contribution in [2.75, 3.05) is 9.80 Å². The zero-order chi connectivity index (χ0) is 30.4. The van der Waals surface area contributed by atoms with Gasteiger partial charge in [-0.15, -0.1) is 0 Å². The highest BCUT2D eigenvalue weighted by atomic mass is 35.5. The Kier molecular flexibility index (Phi) is 6.31. The summed E-state index contributed by atoms with van der Waals surface area (Å²) < 4.78 is 14.0. The van der Waals surface area contributed by atoms with Crippen LogP contribution in [0.2, 0.25) is 10.0 Å². The van der Waals surface area contributed by atoms with Gasteiger partial charge in [0.25, 0.3) is 0 Å². The van der Waals surface area contributed by atoms with Crippen molar-refractivity contribution in [2.24, 2.45) is 29.1 Å². The fourth-order valence-corrected chi connectivity index (χ4v) is 8.12. The van der Waals surface area contributed by atoms with Crippen molar-refractivity contribution in [1.82, 2.24) is 0 Å². The summed E-state index contributed by atoms with van der Waals surface area (Å²) in [5, 5.41) is 10.7. The van der Waals surface area contributed by atoms with E-state index in [-0.39, 0.29) is 34.7 Å². The molecule has 0 spiro atoms. The molecule has 7 rings (SSSR count). The van der Waals surface area contributed by atoms with Gasteiger partial charge in [0.2, 0.25) is 23.6 Å². The van der Waals surface area contributed by atoms with E-state index in [2.05, 4.69) is 0 Å². The van der Waals surface area contributed by atoms with Gasteiger partial charge in [-0.05, 0) is 85.8 Å². The van der Waals surface area contributed by atoms with E-state index >= 15 is 0 Å². The molecule has 10 heteroatoms. The third-order valence-corrected chi connectivity index (χ3v) is 10.3. The summed E-state index contributed by atoms with van der Waals surface area (Å²) in [4.78, 5) is 58.5. The highest BCUT2D eigenvalue weighted by Gasteiger charge is 2.67. The predicted molar refractivity (Wildman–Crippen MR) is 158 cm³/mol. The van der Waals surface area contributed by atoms with Crippen LogP contribution in [-0.4, -0.2) is 28.7 Å². The highest BCUT2D eigenvalue weighted by molar-refractivity contribution is 6.32. The summed E-state index contributed by atoms with van der Waals surface area (Å²) >= 11 is 12.1. The molecule has 3 aromatic rings. The molecule has 4 aliphatic rings. The topological polar surface area (TPSA) is 95.0 Å². The molecule has 43 heavy (non-hydrogen) atoms. The smallest absolute Gasteiger partial charge is 0.241 e. The Bertz CT molecular complexity index is 1780. The lowest BCUT2D eigenvalue weighted by atomic mass is 9.51. The number of benzene rings is 3. The van der Waals surface area contributed by atoms with Crippen LogP contribution in [0.3, 0.4) is 0 Å². The number of hydrogen-bond acceptors (Lipinski definition) is 5. The van der Waals surface area contributed by atoms with Crippen LogP contribution in [0.25, 0.3) is 0 Å². The van der Waals surface area contributed by atoms with E-state index in [1.807, 2.05) is 6.08 Å². The maximum absolute atomic E-state index is 14.4. The summed E-state index contributed by atoms with van der Waals surface area (Å²) in [6.07, 6.45) is 2.40. The first-order chi connectivity index (χ1) is 20.5. The molecule has 4 amide bonds. The summed E-state index contributed by atoms with van der Waals surface area (Å²) in [7, 11) is 0. The van der Waals surface area contributed by atoms with Gasteiger partial charge in [-0.1, -0.05) is 47.0 Å². The van der Waals surface area contributed by atoms with Gasteiger partial charge >= 0.3 is 0 Å². The molecule has 1 saturated carbocycles. The first kappa shape index (κ1) is 27.8. The number of rotatable bonds is 3. The van der Waals surface area contributed by atoms with E-state index in [0.29, 0.717) is 22.7 Å². The molecule has 2 aliphatic heterocycles. The maximum Gasteiger partial charge on any atom is 0.241 e. The lowest BCUT2D eigenvalue weighted by Gasteiger charge is -2.49. The molecule has 218 valence electrons. The number of phenols is 1. The average Bonchev–Trinajstić information content (AvgIpc) is 3.34. The Hall–Kier alpha value is -4.01. The number of fused-ring (bicyclic) bond motifs is 4. The van der Waals surface area contributed by atoms with E-state index in [1.165, 1.54) is 23.1 Å². The van der Waals surface area contributed by atoms with Crippen LogP contribution in [0.4, 0.5) is 15.8 Å². The molecule has 6 unspecified atom stereocenters. The van der Waals surface area contributed by atoms with Crippen molar-refractivity contribution < 1.29 is 28.7 Å². The summed E-state index contributed by atoms with van der Waals surface area (Å²) in [5.41, 5.74) is 0.704. The Morgan fingerprint density at radius 1 is 0.860 bits per heavy atom. The number of nitrogens with zero attached hydrogens (tertiary/aromatic N) is 2. The molecule has 0 aromatic heterocycles. The largest absolute Gasteiger partial charge is 0.508 e. The van der Waals surface area contributed by atoms with Crippen LogP contribution < -0.4 is 9.80 Å². The zero-order valence-corrected chi connectivity index (χ0v) is 24.3. The first-order valence-corrected chi connectivity index (χ1v) is 14.7. The minimum absolute atomic E-state index is 0.00552. The number of halogens is 3. The molecule has 6 atom stereocenters. The van der Waals surface area contributed by atoms with Gasteiger partial charge in [0.15, 0.2) is 0 Å². The molecule has 3 fully saturated rings. The van der Waals surface area contributed by atoms with Crippen LogP contribution in [-0.2, 0) is 19.2 Å². The van der Waals surface area contributed by atoms with Crippen LogP contribution in [0.1, 0.15) is 31.2 Å². The number of phenolic OH excluding ortho intramolecular Hbond substituents is 1. The van der Waals surface area contributed by atoms with Crippen LogP contribution in [0.15, 0.2) is 78.4 Å². The second kappa shape index (κ2) is 9.76. The SMILES string of the molecule is CC12C(=O)N(c3ccc(F)c(Cl)c3)C(=O)C1CC1C(=CCC3C(=O)N(c4ccc(Cl)cc4)C(=O)C31)C2c1cccc(O)c1. The van der Waals surface area contributed by atoms with E-state index in [9.17, 15) is 28.7 Å². The van der Waals surface area contributed by atoms with Crippen molar-refractivity contribution in [3.05, 3.63) is 99.8 Å². The Balaban J connectivity index is 1.36.